The van der Waals surface area contributed by atoms with Crippen molar-refractivity contribution in [3.63, 3.8) is 0 Å². The molecule has 0 bridgehead atoms. The second-order valence-electron chi connectivity index (χ2n) is 7.19. The Kier molecular flexibility index (Phi) is 6.24. The number of hydrogen-bond acceptors (Lipinski definition) is 5. The van der Waals surface area contributed by atoms with Crippen molar-refractivity contribution >= 4 is 33.3 Å². The Morgan fingerprint density at radius 2 is 1.75 bits per heavy atom. The zero-order chi connectivity index (χ0) is 19.3. The molecule has 1 aromatic heterocycles. The number of anilines is 2. The standard InChI is InChI=1S/C21H25BrN4O2/c22-17-5-3-16(4-6-17)20(26-9-1-2-10-26)21(27)24-19-8-7-18(15-23-19)25-11-13-28-14-12-25/h3-8,15,20H,1-2,9-14H2,(H,23,24,27)/t20-/m0/s1. The van der Waals surface area contributed by atoms with Crippen LogP contribution in [0.1, 0.15) is 24.4 Å². The number of rotatable bonds is 5. The zero-order valence-corrected chi connectivity index (χ0v) is 17.4. The molecule has 2 fully saturated rings. The molecular weight excluding hydrogens is 420 g/mol. The van der Waals surface area contributed by atoms with Gasteiger partial charge in [-0.25, -0.2) is 4.98 Å². The van der Waals surface area contributed by atoms with Crippen LogP contribution < -0.4 is 10.2 Å². The van der Waals surface area contributed by atoms with Gasteiger partial charge in [0.25, 0.3) is 0 Å². The highest BCUT2D eigenvalue weighted by atomic mass is 79.9. The average Bonchev–Trinajstić information content (AvgIpc) is 3.25. The Morgan fingerprint density at radius 3 is 2.39 bits per heavy atom. The maximum absolute atomic E-state index is 13.1. The highest BCUT2D eigenvalue weighted by Gasteiger charge is 2.30. The van der Waals surface area contributed by atoms with E-state index in [1.807, 2.05) is 42.6 Å². The summed E-state index contributed by atoms with van der Waals surface area (Å²) in [4.78, 5) is 22.1. The first kappa shape index (κ1) is 19.4. The van der Waals surface area contributed by atoms with E-state index in [1.165, 1.54) is 0 Å². The maximum Gasteiger partial charge on any atom is 0.247 e. The van der Waals surface area contributed by atoms with Crippen LogP contribution in [0.5, 0.6) is 0 Å². The third kappa shape index (κ3) is 4.54. The number of amides is 1. The molecule has 148 valence electrons. The first-order chi connectivity index (χ1) is 13.7. The molecule has 0 saturated carbocycles. The highest BCUT2D eigenvalue weighted by molar-refractivity contribution is 9.10. The van der Waals surface area contributed by atoms with E-state index in [4.69, 9.17) is 4.74 Å². The first-order valence-electron chi connectivity index (χ1n) is 9.80. The molecule has 1 amide bonds. The molecule has 2 aromatic rings. The van der Waals surface area contributed by atoms with Crippen LogP contribution in [0.4, 0.5) is 11.5 Å². The van der Waals surface area contributed by atoms with E-state index < -0.39 is 0 Å². The number of carbonyl (C=O) groups is 1. The fourth-order valence-corrected chi connectivity index (χ4v) is 4.10. The molecule has 2 aliphatic rings. The van der Waals surface area contributed by atoms with Gasteiger partial charge in [-0.2, -0.15) is 0 Å². The summed E-state index contributed by atoms with van der Waals surface area (Å²) in [5, 5.41) is 3.02. The molecule has 0 spiro atoms. The van der Waals surface area contributed by atoms with Gasteiger partial charge in [-0.15, -0.1) is 0 Å². The van der Waals surface area contributed by atoms with Crippen molar-refractivity contribution in [1.82, 2.24) is 9.88 Å². The number of carbonyl (C=O) groups excluding carboxylic acids is 1. The Bertz CT molecular complexity index is 785. The van der Waals surface area contributed by atoms with E-state index in [2.05, 4.69) is 36.0 Å². The van der Waals surface area contributed by atoms with Crippen molar-refractivity contribution in [2.24, 2.45) is 0 Å². The molecule has 0 aliphatic carbocycles. The summed E-state index contributed by atoms with van der Waals surface area (Å²) in [5.41, 5.74) is 2.07. The fraction of sp³-hybridized carbons (Fsp3) is 0.429. The molecule has 6 nitrogen and oxygen atoms in total. The lowest BCUT2D eigenvalue weighted by Crippen LogP contribution is -2.36. The van der Waals surface area contributed by atoms with Gasteiger partial charge in [-0.05, 0) is 55.8 Å². The van der Waals surface area contributed by atoms with Crippen molar-refractivity contribution in [3.8, 4) is 0 Å². The van der Waals surface area contributed by atoms with E-state index in [0.717, 1.165) is 68.0 Å². The predicted molar refractivity (Wildman–Crippen MR) is 114 cm³/mol. The normalized spacial score (nSPS) is 18.8. The average molecular weight is 445 g/mol. The molecule has 2 aliphatic heterocycles. The number of hydrogen-bond donors (Lipinski definition) is 1. The predicted octanol–water partition coefficient (Wildman–Crippen LogP) is 3.46. The number of pyridine rings is 1. The zero-order valence-electron chi connectivity index (χ0n) is 15.8. The summed E-state index contributed by atoms with van der Waals surface area (Å²) >= 11 is 3.47. The van der Waals surface area contributed by atoms with Crippen LogP contribution in [-0.4, -0.2) is 55.2 Å². The molecular formula is C21H25BrN4O2. The molecule has 7 heteroatoms. The monoisotopic (exact) mass is 444 g/mol. The minimum Gasteiger partial charge on any atom is -0.378 e. The first-order valence-corrected chi connectivity index (χ1v) is 10.6. The molecule has 1 N–H and O–H groups in total. The van der Waals surface area contributed by atoms with Gasteiger partial charge >= 0.3 is 0 Å². The van der Waals surface area contributed by atoms with E-state index in [0.29, 0.717) is 5.82 Å². The van der Waals surface area contributed by atoms with Crippen LogP contribution in [-0.2, 0) is 9.53 Å². The quantitative estimate of drug-likeness (QED) is 0.764. The third-order valence-electron chi connectivity index (χ3n) is 5.32. The fourth-order valence-electron chi connectivity index (χ4n) is 3.84. The number of aromatic nitrogens is 1. The molecule has 0 radical (unpaired) electrons. The molecule has 0 unspecified atom stereocenters. The summed E-state index contributed by atoms with van der Waals surface area (Å²) < 4.78 is 6.41. The summed E-state index contributed by atoms with van der Waals surface area (Å²) in [5.74, 6) is 0.555. The van der Waals surface area contributed by atoms with Crippen molar-refractivity contribution in [1.29, 1.82) is 0 Å². The van der Waals surface area contributed by atoms with Crippen LogP contribution in [0.2, 0.25) is 0 Å². The Labute approximate surface area is 174 Å². The van der Waals surface area contributed by atoms with Gasteiger partial charge in [0, 0.05) is 17.6 Å². The molecule has 1 aromatic carbocycles. The minimum absolute atomic E-state index is 0.0316. The molecule has 2 saturated heterocycles. The Balaban J connectivity index is 1.48. The SMILES string of the molecule is O=C(Nc1ccc(N2CCOCC2)cn1)[C@H](c1ccc(Br)cc1)N1CCCC1. The van der Waals surface area contributed by atoms with Crippen molar-refractivity contribution in [3.05, 3.63) is 52.6 Å². The topological polar surface area (TPSA) is 57.7 Å². The summed E-state index contributed by atoms with van der Waals surface area (Å²) in [6, 6.07) is 11.6. The number of likely N-dealkylation sites (tertiary alicyclic amines) is 1. The van der Waals surface area contributed by atoms with Crippen molar-refractivity contribution in [2.45, 2.75) is 18.9 Å². The van der Waals surface area contributed by atoms with Gasteiger partial charge in [0.1, 0.15) is 11.9 Å². The van der Waals surface area contributed by atoms with E-state index >= 15 is 0 Å². The van der Waals surface area contributed by atoms with Crippen molar-refractivity contribution in [2.75, 3.05) is 49.6 Å². The molecule has 3 heterocycles. The molecule has 1 atom stereocenters. The number of nitrogens with one attached hydrogen (secondary N) is 1. The number of halogens is 1. The summed E-state index contributed by atoms with van der Waals surface area (Å²) in [7, 11) is 0. The maximum atomic E-state index is 13.1. The van der Waals surface area contributed by atoms with Crippen LogP contribution in [0.3, 0.4) is 0 Å². The number of morpholine rings is 1. The second kappa shape index (κ2) is 9.03. The van der Waals surface area contributed by atoms with Crippen LogP contribution in [0.25, 0.3) is 0 Å². The van der Waals surface area contributed by atoms with Crippen LogP contribution in [0.15, 0.2) is 47.1 Å². The smallest absolute Gasteiger partial charge is 0.247 e. The molecule has 28 heavy (non-hydrogen) atoms. The van der Waals surface area contributed by atoms with E-state index in [1.54, 1.807) is 0 Å². The van der Waals surface area contributed by atoms with Gasteiger partial charge in [0.15, 0.2) is 0 Å². The summed E-state index contributed by atoms with van der Waals surface area (Å²) in [6.07, 6.45) is 4.09. The van der Waals surface area contributed by atoms with Crippen LogP contribution >= 0.6 is 15.9 Å². The lowest BCUT2D eigenvalue weighted by atomic mass is 10.0. The lowest BCUT2D eigenvalue weighted by Gasteiger charge is -2.29. The second-order valence-corrected chi connectivity index (χ2v) is 8.10. The van der Waals surface area contributed by atoms with Gasteiger partial charge in [0.2, 0.25) is 5.91 Å². The van der Waals surface area contributed by atoms with Gasteiger partial charge in [-0.3, -0.25) is 9.69 Å². The summed E-state index contributed by atoms with van der Waals surface area (Å²) in [6.45, 7) is 5.10. The Hall–Kier alpha value is -1.96. The Morgan fingerprint density at radius 1 is 1.04 bits per heavy atom. The van der Waals surface area contributed by atoms with Gasteiger partial charge < -0.3 is 15.0 Å². The lowest BCUT2D eigenvalue weighted by molar-refractivity contribution is -0.121. The number of nitrogens with zero attached hydrogens (tertiary/aromatic N) is 3. The van der Waals surface area contributed by atoms with Crippen molar-refractivity contribution < 1.29 is 9.53 Å². The number of benzene rings is 1. The number of ether oxygens (including phenoxy) is 1. The van der Waals surface area contributed by atoms with E-state index in [-0.39, 0.29) is 11.9 Å². The molecule has 4 rings (SSSR count). The third-order valence-corrected chi connectivity index (χ3v) is 5.84. The van der Waals surface area contributed by atoms with E-state index in [9.17, 15) is 4.79 Å². The largest absolute Gasteiger partial charge is 0.378 e. The van der Waals surface area contributed by atoms with Crippen LogP contribution in [0, 0.1) is 0 Å². The van der Waals surface area contributed by atoms with Gasteiger partial charge in [-0.1, -0.05) is 28.1 Å². The highest BCUT2D eigenvalue weighted by Crippen LogP contribution is 2.28. The van der Waals surface area contributed by atoms with Gasteiger partial charge in [0.05, 0.1) is 25.1 Å². The minimum atomic E-state index is -0.295.